The highest BCUT2D eigenvalue weighted by Crippen LogP contribution is 2.11. The van der Waals surface area contributed by atoms with E-state index in [0.717, 1.165) is 6.61 Å². The van der Waals surface area contributed by atoms with E-state index in [4.69, 9.17) is 4.74 Å². The molecule has 0 radical (unpaired) electrons. The van der Waals surface area contributed by atoms with Crippen LogP contribution in [-0.4, -0.2) is 6.61 Å². The molecule has 0 atom stereocenters. The average molecular weight is 353 g/mol. The molecule has 0 aromatic rings. The van der Waals surface area contributed by atoms with Crippen molar-refractivity contribution in [3.63, 3.8) is 0 Å². The monoisotopic (exact) mass is 352 g/mol. The maximum atomic E-state index is 5.59. The molecule has 1 heteroatoms. The molecule has 0 aromatic heterocycles. The Morgan fingerprint density at radius 1 is 0.480 bits per heavy atom. The van der Waals surface area contributed by atoms with E-state index in [2.05, 4.69) is 19.9 Å². The van der Waals surface area contributed by atoms with Gasteiger partial charge in [0.2, 0.25) is 0 Å². The van der Waals surface area contributed by atoms with E-state index in [9.17, 15) is 0 Å². The minimum Gasteiger partial charge on any atom is -0.502 e. The molecule has 0 unspecified atom stereocenters. The Morgan fingerprint density at radius 3 is 1.36 bits per heavy atom. The zero-order valence-corrected chi connectivity index (χ0v) is 17.7. The van der Waals surface area contributed by atoms with Crippen molar-refractivity contribution in [2.45, 2.75) is 136 Å². The molecule has 0 N–H and O–H groups in total. The van der Waals surface area contributed by atoms with Gasteiger partial charge in [-0.1, -0.05) is 117 Å². The van der Waals surface area contributed by atoms with Crippen LogP contribution in [0.1, 0.15) is 136 Å². The summed E-state index contributed by atoms with van der Waals surface area (Å²) in [5.41, 5.74) is 0. The lowest BCUT2D eigenvalue weighted by Crippen LogP contribution is -1.88. The smallest absolute Gasteiger partial charge is 0.0873 e. The number of unbranched alkanes of at least 4 members (excludes halogenated alkanes) is 17. The highest BCUT2D eigenvalue weighted by molar-refractivity contribution is 4.73. The van der Waals surface area contributed by atoms with Crippen LogP contribution in [0, 0.1) is 0 Å². The summed E-state index contributed by atoms with van der Waals surface area (Å²) in [6.45, 7) is 5.47. The normalized spacial score (nSPS) is 11.4. The maximum absolute atomic E-state index is 5.59. The van der Waals surface area contributed by atoms with Crippen LogP contribution in [-0.2, 0) is 4.74 Å². The van der Waals surface area contributed by atoms with Crippen LogP contribution < -0.4 is 0 Å². The molecule has 0 heterocycles. The van der Waals surface area contributed by atoms with Gasteiger partial charge in [0.15, 0.2) is 0 Å². The van der Waals surface area contributed by atoms with Crippen molar-refractivity contribution in [1.29, 1.82) is 0 Å². The summed E-state index contributed by atoms with van der Waals surface area (Å²) in [6.07, 6.45) is 30.4. The lowest BCUT2D eigenvalue weighted by atomic mass is 10.1. The molecule has 0 aromatic carbocycles. The zero-order chi connectivity index (χ0) is 18.3. The van der Waals surface area contributed by atoms with Gasteiger partial charge < -0.3 is 4.74 Å². The molecule has 0 saturated carbocycles. The van der Waals surface area contributed by atoms with Gasteiger partial charge in [-0.3, -0.25) is 0 Å². The number of hydrogen-bond acceptors (Lipinski definition) is 1. The van der Waals surface area contributed by atoms with Crippen molar-refractivity contribution in [3.8, 4) is 0 Å². The first-order valence-electron chi connectivity index (χ1n) is 11.7. The second-order valence-electron chi connectivity index (χ2n) is 7.69. The largest absolute Gasteiger partial charge is 0.502 e. The summed E-state index contributed by atoms with van der Waals surface area (Å²) >= 11 is 0. The number of ether oxygens (including phenoxy) is 1. The third-order valence-electron chi connectivity index (χ3n) is 5.03. The molecule has 25 heavy (non-hydrogen) atoms. The van der Waals surface area contributed by atoms with Crippen LogP contribution in [0.25, 0.3) is 0 Å². The predicted molar refractivity (Wildman–Crippen MR) is 114 cm³/mol. The number of hydrogen-bond donors (Lipinski definition) is 0. The van der Waals surface area contributed by atoms with Gasteiger partial charge in [0.1, 0.15) is 0 Å². The molecule has 0 fully saturated rings. The van der Waals surface area contributed by atoms with Crippen molar-refractivity contribution in [2.24, 2.45) is 0 Å². The summed E-state index contributed by atoms with van der Waals surface area (Å²) < 4.78 is 5.59. The van der Waals surface area contributed by atoms with Gasteiger partial charge in [0, 0.05) is 0 Å². The standard InChI is InChI=1S/C24H48O/c1-3-5-7-9-11-13-14-15-16-18-20-22-24-25-23-21-19-17-12-10-8-6-4-2/h22,24H,3-21,23H2,1-2H3. The Balaban J connectivity index is 3.04. The number of rotatable bonds is 21. The lowest BCUT2D eigenvalue weighted by Gasteiger charge is -2.02. The first-order valence-corrected chi connectivity index (χ1v) is 11.7. The van der Waals surface area contributed by atoms with Gasteiger partial charge in [0.25, 0.3) is 0 Å². The fourth-order valence-corrected chi connectivity index (χ4v) is 3.27. The molecule has 0 spiro atoms. The van der Waals surface area contributed by atoms with E-state index >= 15 is 0 Å². The van der Waals surface area contributed by atoms with E-state index in [0.29, 0.717) is 0 Å². The van der Waals surface area contributed by atoms with Gasteiger partial charge in [0.05, 0.1) is 12.9 Å². The fourth-order valence-electron chi connectivity index (χ4n) is 3.27. The topological polar surface area (TPSA) is 9.23 Å². The Morgan fingerprint density at radius 2 is 0.880 bits per heavy atom. The second kappa shape index (κ2) is 23.5. The third-order valence-corrected chi connectivity index (χ3v) is 5.03. The molecule has 1 nitrogen and oxygen atoms in total. The molecule has 0 aliphatic rings. The van der Waals surface area contributed by atoms with Gasteiger partial charge in [-0.15, -0.1) is 0 Å². The SMILES string of the molecule is CCCCCCCCCCCCC=COCCCCCCCCCC. The van der Waals surface area contributed by atoms with Crippen molar-refractivity contribution in [1.82, 2.24) is 0 Å². The highest BCUT2D eigenvalue weighted by Gasteiger charge is 1.93. The van der Waals surface area contributed by atoms with Crippen molar-refractivity contribution >= 4 is 0 Å². The number of allylic oxidation sites excluding steroid dienone is 1. The summed E-state index contributed by atoms with van der Waals surface area (Å²) in [6, 6.07) is 0. The Bertz CT molecular complexity index is 246. The van der Waals surface area contributed by atoms with Crippen LogP contribution in [0.15, 0.2) is 12.3 Å². The van der Waals surface area contributed by atoms with E-state index in [1.165, 1.54) is 122 Å². The van der Waals surface area contributed by atoms with Crippen molar-refractivity contribution in [3.05, 3.63) is 12.3 Å². The van der Waals surface area contributed by atoms with Crippen LogP contribution >= 0.6 is 0 Å². The molecular weight excluding hydrogens is 304 g/mol. The first kappa shape index (κ1) is 24.5. The second-order valence-corrected chi connectivity index (χ2v) is 7.69. The molecule has 150 valence electrons. The predicted octanol–water partition coefficient (Wildman–Crippen LogP) is 8.97. The molecule has 0 aliphatic heterocycles. The molecule has 0 aliphatic carbocycles. The minimum absolute atomic E-state index is 0.906. The molecular formula is C24H48O. The summed E-state index contributed by atoms with van der Waals surface area (Å²) in [7, 11) is 0. The highest BCUT2D eigenvalue weighted by atomic mass is 16.5. The first-order chi connectivity index (χ1) is 12.4. The Kier molecular flexibility index (Phi) is 23.1. The fraction of sp³-hybridized carbons (Fsp3) is 0.917. The van der Waals surface area contributed by atoms with Gasteiger partial charge in [-0.2, -0.15) is 0 Å². The molecule has 0 saturated heterocycles. The Labute approximate surface area is 160 Å². The zero-order valence-electron chi connectivity index (χ0n) is 17.7. The average Bonchev–Trinajstić information content (AvgIpc) is 2.63. The van der Waals surface area contributed by atoms with Crippen LogP contribution in [0.3, 0.4) is 0 Å². The molecule has 0 amide bonds. The summed E-state index contributed by atoms with van der Waals surface area (Å²) in [5, 5.41) is 0. The maximum Gasteiger partial charge on any atom is 0.0873 e. The van der Waals surface area contributed by atoms with Crippen molar-refractivity contribution in [2.75, 3.05) is 6.61 Å². The van der Waals surface area contributed by atoms with Gasteiger partial charge in [-0.05, 0) is 25.3 Å². The van der Waals surface area contributed by atoms with Crippen molar-refractivity contribution < 1.29 is 4.74 Å². The summed E-state index contributed by atoms with van der Waals surface area (Å²) in [4.78, 5) is 0. The van der Waals surface area contributed by atoms with Gasteiger partial charge >= 0.3 is 0 Å². The van der Waals surface area contributed by atoms with E-state index in [-0.39, 0.29) is 0 Å². The lowest BCUT2D eigenvalue weighted by molar-refractivity contribution is 0.239. The quantitative estimate of drug-likeness (QED) is 0.148. The Hall–Kier alpha value is -0.460. The minimum atomic E-state index is 0.906. The van der Waals surface area contributed by atoms with Crippen LogP contribution in [0.2, 0.25) is 0 Å². The van der Waals surface area contributed by atoms with E-state index in [1.807, 2.05) is 6.26 Å². The summed E-state index contributed by atoms with van der Waals surface area (Å²) in [5.74, 6) is 0. The van der Waals surface area contributed by atoms with E-state index < -0.39 is 0 Å². The third kappa shape index (κ3) is 23.5. The van der Waals surface area contributed by atoms with E-state index in [1.54, 1.807) is 0 Å². The van der Waals surface area contributed by atoms with Crippen LogP contribution in [0.5, 0.6) is 0 Å². The van der Waals surface area contributed by atoms with Crippen LogP contribution in [0.4, 0.5) is 0 Å². The van der Waals surface area contributed by atoms with Gasteiger partial charge in [-0.25, -0.2) is 0 Å². The molecule has 0 bridgehead atoms. The molecule has 0 rings (SSSR count).